The molecule has 0 bridgehead atoms. The molecule has 1 amide bonds. The van der Waals surface area contributed by atoms with Crippen molar-refractivity contribution in [2.24, 2.45) is 0 Å². The number of aliphatic hydroxyl groups is 1. The van der Waals surface area contributed by atoms with Crippen LogP contribution in [0.4, 0.5) is 0 Å². The van der Waals surface area contributed by atoms with Gasteiger partial charge in [0, 0.05) is 31.1 Å². The molecule has 0 radical (unpaired) electrons. The maximum absolute atomic E-state index is 13.8. The average Bonchev–Trinajstić information content (AvgIpc) is 2.90. The van der Waals surface area contributed by atoms with Crippen LogP contribution in [0.1, 0.15) is 80.6 Å². The van der Waals surface area contributed by atoms with Crippen molar-refractivity contribution in [1.82, 2.24) is 10.2 Å². The standard InChI is InChI=1S/C30H40N2O3/c1-29(25-14-7-3-8-15-25,28(34)31-26-16-9-4-10-17-26)30(35)19-22-32(23-20-30)21-11-18-27(33)24-12-5-2-6-13-24/h2-3,5-8,12-15,26,35H,4,9-11,16-23H2,1H3,(H,31,34). The highest BCUT2D eigenvalue weighted by molar-refractivity contribution is 5.95. The van der Waals surface area contributed by atoms with Gasteiger partial charge in [-0.2, -0.15) is 0 Å². The van der Waals surface area contributed by atoms with Gasteiger partial charge < -0.3 is 15.3 Å². The Morgan fingerprint density at radius 2 is 1.57 bits per heavy atom. The Balaban J connectivity index is 1.39. The lowest BCUT2D eigenvalue weighted by atomic mass is 9.63. The monoisotopic (exact) mass is 476 g/mol. The zero-order valence-corrected chi connectivity index (χ0v) is 21.0. The summed E-state index contributed by atoms with van der Waals surface area (Å²) in [4.78, 5) is 28.5. The molecule has 1 atom stereocenters. The van der Waals surface area contributed by atoms with Crippen molar-refractivity contribution in [3.05, 3.63) is 71.8 Å². The van der Waals surface area contributed by atoms with Gasteiger partial charge in [-0.15, -0.1) is 0 Å². The minimum absolute atomic E-state index is 0.0555. The van der Waals surface area contributed by atoms with Crippen molar-refractivity contribution in [2.75, 3.05) is 19.6 Å². The number of carbonyl (C=O) groups excluding carboxylic acids is 2. The Kier molecular flexibility index (Phi) is 8.40. The van der Waals surface area contributed by atoms with E-state index >= 15 is 0 Å². The van der Waals surface area contributed by atoms with Gasteiger partial charge in [-0.05, 0) is 51.1 Å². The van der Waals surface area contributed by atoms with Crippen molar-refractivity contribution in [3.8, 4) is 0 Å². The molecule has 1 aliphatic heterocycles. The number of benzene rings is 2. The molecular formula is C30H40N2O3. The third kappa shape index (κ3) is 5.84. The molecule has 2 aromatic carbocycles. The summed E-state index contributed by atoms with van der Waals surface area (Å²) in [5.74, 6) is 0.121. The van der Waals surface area contributed by atoms with Crippen molar-refractivity contribution in [1.29, 1.82) is 0 Å². The van der Waals surface area contributed by atoms with Gasteiger partial charge >= 0.3 is 0 Å². The third-order valence-corrected chi connectivity index (χ3v) is 8.33. The summed E-state index contributed by atoms with van der Waals surface area (Å²) in [6.07, 6.45) is 7.96. The number of hydrogen-bond donors (Lipinski definition) is 2. The molecule has 5 nitrogen and oxygen atoms in total. The maximum atomic E-state index is 13.8. The second-order valence-corrected chi connectivity index (χ2v) is 10.6. The number of likely N-dealkylation sites (tertiary alicyclic amines) is 1. The van der Waals surface area contributed by atoms with Crippen molar-refractivity contribution in [2.45, 2.75) is 81.8 Å². The number of piperidine rings is 1. The van der Waals surface area contributed by atoms with Crippen LogP contribution >= 0.6 is 0 Å². The molecule has 1 saturated carbocycles. The maximum Gasteiger partial charge on any atom is 0.233 e. The van der Waals surface area contributed by atoms with Crippen LogP contribution in [-0.4, -0.2) is 53.0 Å². The second-order valence-electron chi connectivity index (χ2n) is 10.6. The molecule has 0 aromatic heterocycles. The molecule has 35 heavy (non-hydrogen) atoms. The van der Waals surface area contributed by atoms with Crippen LogP contribution in [0.3, 0.4) is 0 Å². The smallest absolute Gasteiger partial charge is 0.233 e. The van der Waals surface area contributed by atoms with Crippen LogP contribution in [0.25, 0.3) is 0 Å². The lowest BCUT2D eigenvalue weighted by Crippen LogP contribution is -2.63. The molecule has 1 saturated heterocycles. The highest BCUT2D eigenvalue weighted by Gasteiger charge is 2.54. The summed E-state index contributed by atoms with van der Waals surface area (Å²) in [6, 6.07) is 19.4. The quantitative estimate of drug-likeness (QED) is 0.506. The lowest BCUT2D eigenvalue weighted by Gasteiger charge is -2.49. The van der Waals surface area contributed by atoms with Crippen LogP contribution in [0, 0.1) is 0 Å². The molecule has 1 aliphatic carbocycles. The first-order valence-electron chi connectivity index (χ1n) is 13.3. The number of carbonyl (C=O) groups is 2. The van der Waals surface area contributed by atoms with Crippen molar-refractivity contribution < 1.29 is 14.7 Å². The summed E-state index contributed by atoms with van der Waals surface area (Å²) in [5, 5.41) is 15.3. The molecule has 2 fully saturated rings. The molecule has 5 heteroatoms. The van der Waals surface area contributed by atoms with Gasteiger partial charge in [-0.1, -0.05) is 79.9 Å². The van der Waals surface area contributed by atoms with Gasteiger partial charge in [0.15, 0.2) is 5.78 Å². The van der Waals surface area contributed by atoms with E-state index in [0.717, 1.165) is 62.9 Å². The number of hydrogen-bond acceptors (Lipinski definition) is 4. The van der Waals surface area contributed by atoms with E-state index in [1.165, 1.54) is 6.42 Å². The van der Waals surface area contributed by atoms with Gasteiger partial charge in [0.25, 0.3) is 0 Å². The predicted molar refractivity (Wildman–Crippen MR) is 139 cm³/mol. The minimum Gasteiger partial charge on any atom is -0.388 e. The van der Waals surface area contributed by atoms with E-state index in [4.69, 9.17) is 0 Å². The van der Waals surface area contributed by atoms with E-state index in [1.807, 2.05) is 67.6 Å². The van der Waals surface area contributed by atoms with Gasteiger partial charge in [0.1, 0.15) is 0 Å². The normalized spacial score (nSPS) is 20.6. The zero-order valence-electron chi connectivity index (χ0n) is 21.0. The topological polar surface area (TPSA) is 69.6 Å². The van der Waals surface area contributed by atoms with E-state index in [2.05, 4.69) is 10.2 Å². The van der Waals surface area contributed by atoms with Crippen molar-refractivity contribution >= 4 is 11.7 Å². The fourth-order valence-electron chi connectivity index (χ4n) is 5.84. The summed E-state index contributed by atoms with van der Waals surface area (Å²) in [6.45, 7) is 4.18. The van der Waals surface area contributed by atoms with Crippen LogP contribution in [0.5, 0.6) is 0 Å². The highest BCUT2D eigenvalue weighted by Crippen LogP contribution is 2.43. The van der Waals surface area contributed by atoms with Crippen molar-refractivity contribution in [3.63, 3.8) is 0 Å². The van der Waals surface area contributed by atoms with Crippen LogP contribution in [-0.2, 0) is 10.2 Å². The van der Waals surface area contributed by atoms with E-state index in [-0.39, 0.29) is 17.7 Å². The van der Waals surface area contributed by atoms with Gasteiger partial charge in [-0.25, -0.2) is 0 Å². The minimum atomic E-state index is -1.12. The number of nitrogens with zero attached hydrogens (tertiary/aromatic N) is 1. The largest absolute Gasteiger partial charge is 0.388 e. The first-order valence-corrected chi connectivity index (χ1v) is 13.3. The third-order valence-electron chi connectivity index (χ3n) is 8.33. The molecule has 2 aliphatic rings. The van der Waals surface area contributed by atoms with E-state index < -0.39 is 11.0 Å². The fourth-order valence-corrected chi connectivity index (χ4v) is 5.84. The Labute approximate surface area is 209 Å². The molecule has 4 rings (SSSR count). The van der Waals surface area contributed by atoms with Gasteiger partial charge in [0.05, 0.1) is 11.0 Å². The second kappa shape index (κ2) is 11.5. The number of ketones is 1. The highest BCUT2D eigenvalue weighted by atomic mass is 16.3. The van der Waals surface area contributed by atoms with Crippen LogP contribution in [0.2, 0.25) is 0 Å². The van der Waals surface area contributed by atoms with Crippen LogP contribution < -0.4 is 5.32 Å². The van der Waals surface area contributed by atoms with Gasteiger partial charge in [-0.3, -0.25) is 9.59 Å². The Bertz CT molecular complexity index is 964. The van der Waals surface area contributed by atoms with Crippen LogP contribution in [0.15, 0.2) is 60.7 Å². The predicted octanol–water partition coefficient (Wildman–Crippen LogP) is 4.88. The number of rotatable bonds is 9. The van der Waals surface area contributed by atoms with E-state index in [0.29, 0.717) is 19.3 Å². The number of nitrogens with one attached hydrogen (secondary N) is 1. The van der Waals surface area contributed by atoms with E-state index in [9.17, 15) is 14.7 Å². The summed E-state index contributed by atoms with van der Waals surface area (Å²) in [5.41, 5.74) is -0.495. The summed E-state index contributed by atoms with van der Waals surface area (Å²) in [7, 11) is 0. The zero-order chi connectivity index (χ0) is 24.7. The summed E-state index contributed by atoms with van der Waals surface area (Å²) < 4.78 is 0. The number of amides is 1. The molecule has 188 valence electrons. The fraction of sp³-hybridized carbons (Fsp3) is 0.533. The van der Waals surface area contributed by atoms with Gasteiger partial charge in [0.2, 0.25) is 5.91 Å². The average molecular weight is 477 g/mol. The molecule has 1 unspecified atom stereocenters. The number of Topliss-reactive ketones (excluding diaryl/α,β-unsaturated/α-hetero) is 1. The van der Waals surface area contributed by atoms with E-state index in [1.54, 1.807) is 0 Å². The Morgan fingerprint density at radius 3 is 2.20 bits per heavy atom. The molecule has 2 aromatic rings. The SMILES string of the molecule is CC(C(=O)NC1CCCCC1)(c1ccccc1)C1(O)CCN(CCCC(=O)c2ccccc2)CC1. The molecular weight excluding hydrogens is 436 g/mol. The Hall–Kier alpha value is -2.50. The first kappa shape index (κ1) is 25.6. The lowest BCUT2D eigenvalue weighted by molar-refractivity contribution is -0.144. The summed E-state index contributed by atoms with van der Waals surface area (Å²) >= 11 is 0. The first-order chi connectivity index (χ1) is 16.9. The molecule has 2 N–H and O–H groups in total. The Morgan fingerprint density at radius 1 is 0.971 bits per heavy atom. The molecule has 1 heterocycles. The molecule has 0 spiro atoms.